The van der Waals surface area contributed by atoms with Gasteiger partial charge < -0.3 is 14.8 Å². The van der Waals surface area contributed by atoms with E-state index in [1.165, 1.54) is 0 Å². The van der Waals surface area contributed by atoms with Gasteiger partial charge >= 0.3 is 0 Å². The number of carbonyl (C=O) groups is 1. The first-order valence-electron chi connectivity index (χ1n) is 9.33. The predicted molar refractivity (Wildman–Crippen MR) is 105 cm³/mol. The lowest BCUT2D eigenvalue weighted by molar-refractivity contribution is -0.385. The van der Waals surface area contributed by atoms with E-state index in [-0.39, 0.29) is 12.6 Å². The number of amides is 1. The molecule has 0 spiro atoms. The van der Waals surface area contributed by atoms with Crippen LogP contribution >= 0.6 is 0 Å². The normalized spacial score (nSPS) is 14.4. The molecule has 3 rings (SSSR count). The van der Waals surface area contributed by atoms with Crippen LogP contribution in [0, 0.1) is 21.4 Å². The second kappa shape index (κ2) is 8.65. The Bertz CT molecular complexity index is 1100. The van der Waals surface area contributed by atoms with Gasteiger partial charge in [-0.1, -0.05) is 0 Å². The quantitative estimate of drug-likeness (QED) is 0.539. The van der Waals surface area contributed by atoms with Crippen LogP contribution in [-0.4, -0.2) is 28.1 Å². The minimum Gasteiger partial charge on any atom is -0.494 e. The highest BCUT2D eigenvalue weighted by molar-refractivity contribution is 5.76. The van der Waals surface area contributed by atoms with Crippen molar-refractivity contribution in [3.8, 4) is 17.6 Å². The van der Waals surface area contributed by atoms with E-state index in [1.807, 2.05) is 26.0 Å². The van der Waals surface area contributed by atoms with Crippen LogP contribution in [-0.2, 0) is 24.3 Å². The number of pyridine rings is 1. The van der Waals surface area contributed by atoms with Gasteiger partial charge in [-0.05, 0) is 26.0 Å². The number of fused-ring (bicyclic) bond motifs is 1. The number of rotatable bonds is 7. The van der Waals surface area contributed by atoms with Gasteiger partial charge in [0.25, 0.3) is 11.2 Å². The Morgan fingerprint density at radius 2 is 2.23 bits per heavy atom. The fourth-order valence-electron chi connectivity index (χ4n) is 3.23. The monoisotopic (exact) mass is 412 g/mol. The number of nitro groups is 1. The van der Waals surface area contributed by atoms with Gasteiger partial charge in [-0.3, -0.25) is 24.3 Å². The van der Waals surface area contributed by atoms with Crippen molar-refractivity contribution in [2.24, 2.45) is 0 Å². The number of nitrogens with one attached hydrogen (secondary N) is 1. The molecule has 0 bridgehead atoms. The van der Waals surface area contributed by atoms with Gasteiger partial charge in [0.1, 0.15) is 35.8 Å². The highest BCUT2D eigenvalue weighted by Gasteiger charge is 2.22. The number of hydrogen-bond donors (Lipinski definition) is 1. The van der Waals surface area contributed by atoms with Crippen LogP contribution in [0.25, 0.3) is 0 Å². The molecule has 1 amide bonds. The van der Waals surface area contributed by atoms with Crippen LogP contribution in [0.5, 0.6) is 11.5 Å². The van der Waals surface area contributed by atoms with Gasteiger partial charge in [0.2, 0.25) is 5.91 Å². The van der Waals surface area contributed by atoms with Gasteiger partial charge in [-0.25, -0.2) is 0 Å². The Balaban J connectivity index is 1.76. The van der Waals surface area contributed by atoms with E-state index in [0.717, 1.165) is 34.6 Å². The standard InChI is InChI=1S/C20H20N4O6/c1-3-29-17-6-13-4-12(2)30-18(13)7-15(17)9-22-19(25)11-23-10-16(24(27)28)5-14(8-21)20(23)26/h5-7,10,12H,3-4,9,11H2,1-2H3,(H,22,25)/t12-/m1/s1. The zero-order valence-corrected chi connectivity index (χ0v) is 16.5. The minimum absolute atomic E-state index is 0.0643. The van der Waals surface area contributed by atoms with Crippen molar-refractivity contribution in [2.75, 3.05) is 6.61 Å². The van der Waals surface area contributed by atoms with Crippen molar-refractivity contribution in [1.82, 2.24) is 9.88 Å². The van der Waals surface area contributed by atoms with Crippen LogP contribution in [0.1, 0.15) is 30.5 Å². The minimum atomic E-state index is -0.770. The molecule has 2 aromatic rings. The highest BCUT2D eigenvalue weighted by atomic mass is 16.6. The van der Waals surface area contributed by atoms with Crippen LogP contribution in [0.4, 0.5) is 5.69 Å². The summed E-state index contributed by atoms with van der Waals surface area (Å²) in [5, 5.41) is 22.7. The molecule has 0 unspecified atom stereocenters. The number of ether oxygens (including phenoxy) is 2. The molecule has 1 atom stereocenters. The largest absolute Gasteiger partial charge is 0.494 e. The molecule has 156 valence electrons. The highest BCUT2D eigenvalue weighted by Crippen LogP contribution is 2.35. The SMILES string of the molecule is CCOc1cc2c(cc1CNC(=O)Cn1cc([N+](=O)[O-])cc(C#N)c1=O)O[C@H](C)C2. The van der Waals surface area contributed by atoms with E-state index < -0.39 is 34.2 Å². The van der Waals surface area contributed by atoms with E-state index in [4.69, 9.17) is 14.7 Å². The molecule has 1 aliphatic heterocycles. The molecule has 0 fully saturated rings. The average molecular weight is 412 g/mol. The first kappa shape index (κ1) is 20.9. The molecule has 2 heterocycles. The number of aromatic nitrogens is 1. The second-order valence-electron chi connectivity index (χ2n) is 6.82. The number of carbonyl (C=O) groups excluding carboxylic acids is 1. The van der Waals surface area contributed by atoms with Crippen molar-refractivity contribution in [1.29, 1.82) is 5.26 Å². The molecule has 1 aliphatic rings. The summed E-state index contributed by atoms with van der Waals surface area (Å²) in [6, 6.07) is 6.21. The first-order valence-corrected chi connectivity index (χ1v) is 9.33. The number of hydrogen-bond acceptors (Lipinski definition) is 7. The molecule has 1 aromatic heterocycles. The maximum absolute atomic E-state index is 12.4. The van der Waals surface area contributed by atoms with Crippen molar-refractivity contribution in [3.63, 3.8) is 0 Å². The zero-order valence-electron chi connectivity index (χ0n) is 16.5. The maximum Gasteiger partial charge on any atom is 0.287 e. The van der Waals surface area contributed by atoms with E-state index >= 15 is 0 Å². The molecule has 10 nitrogen and oxygen atoms in total. The van der Waals surface area contributed by atoms with Gasteiger partial charge in [0, 0.05) is 30.2 Å². The third kappa shape index (κ3) is 4.41. The predicted octanol–water partition coefficient (Wildman–Crippen LogP) is 1.67. The van der Waals surface area contributed by atoms with Crippen molar-refractivity contribution >= 4 is 11.6 Å². The van der Waals surface area contributed by atoms with Crippen LogP contribution in [0.3, 0.4) is 0 Å². The number of nitriles is 1. The summed E-state index contributed by atoms with van der Waals surface area (Å²) in [6.45, 7) is 3.94. The van der Waals surface area contributed by atoms with Crippen molar-refractivity contribution < 1.29 is 19.2 Å². The summed E-state index contributed by atoms with van der Waals surface area (Å²) >= 11 is 0. The maximum atomic E-state index is 12.4. The van der Waals surface area contributed by atoms with Gasteiger partial charge in [0.05, 0.1) is 17.7 Å². The number of benzene rings is 1. The summed E-state index contributed by atoms with van der Waals surface area (Å²) in [7, 11) is 0. The zero-order chi connectivity index (χ0) is 21.8. The molecule has 30 heavy (non-hydrogen) atoms. The molecule has 0 saturated carbocycles. The summed E-state index contributed by atoms with van der Waals surface area (Å²) in [4.78, 5) is 34.8. The molecule has 0 aliphatic carbocycles. The van der Waals surface area contributed by atoms with Gasteiger partial charge in [-0.15, -0.1) is 0 Å². The number of nitrogens with zero attached hydrogens (tertiary/aromatic N) is 3. The third-order valence-corrected chi connectivity index (χ3v) is 4.57. The third-order valence-electron chi connectivity index (χ3n) is 4.57. The van der Waals surface area contributed by atoms with Crippen LogP contribution in [0.15, 0.2) is 29.2 Å². The lowest BCUT2D eigenvalue weighted by Crippen LogP contribution is -2.33. The van der Waals surface area contributed by atoms with Crippen LogP contribution < -0.4 is 20.3 Å². The second-order valence-corrected chi connectivity index (χ2v) is 6.82. The summed E-state index contributed by atoms with van der Waals surface area (Å²) in [6.07, 6.45) is 1.78. The van der Waals surface area contributed by atoms with E-state index in [2.05, 4.69) is 5.32 Å². The molecule has 1 N–H and O–H groups in total. The molecule has 1 aromatic carbocycles. The van der Waals surface area contributed by atoms with E-state index in [1.54, 1.807) is 6.07 Å². The van der Waals surface area contributed by atoms with E-state index in [9.17, 15) is 19.7 Å². The average Bonchev–Trinajstić information content (AvgIpc) is 3.06. The lowest BCUT2D eigenvalue weighted by Gasteiger charge is -2.14. The molecule has 0 saturated heterocycles. The van der Waals surface area contributed by atoms with Crippen molar-refractivity contribution in [2.45, 2.75) is 39.5 Å². The Kier molecular flexibility index (Phi) is 6.01. The lowest BCUT2D eigenvalue weighted by atomic mass is 10.1. The summed E-state index contributed by atoms with van der Waals surface area (Å²) < 4.78 is 12.3. The summed E-state index contributed by atoms with van der Waals surface area (Å²) in [5.41, 5.74) is 0.131. The van der Waals surface area contributed by atoms with Crippen LogP contribution in [0.2, 0.25) is 0 Å². The Labute approximate surface area is 171 Å². The van der Waals surface area contributed by atoms with Gasteiger partial charge in [-0.2, -0.15) is 5.26 Å². The van der Waals surface area contributed by atoms with E-state index in [0.29, 0.717) is 17.9 Å². The Morgan fingerprint density at radius 3 is 2.90 bits per heavy atom. The molecule has 10 heteroatoms. The van der Waals surface area contributed by atoms with Gasteiger partial charge in [0.15, 0.2) is 0 Å². The van der Waals surface area contributed by atoms with Crippen molar-refractivity contribution in [3.05, 3.63) is 61.6 Å². The summed E-state index contributed by atoms with van der Waals surface area (Å²) in [5.74, 6) is 0.830. The smallest absolute Gasteiger partial charge is 0.287 e. The Hall–Kier alpha value is -3.87. The fourth-order valence-corrected chi connectivity index (χ4v) is 3.23. The molecule has 0 radical (unpaired) electrons. The molecular formula is C20H20N4O6. The fraction of sp³-hybridized carbons (Fsp3) is 0.350. The Morgan fingerprint density at radius 1 is 1.47 bits per heavy atom. The molecular weight excluding hydrogens is 392 g/mol. The first-order chi connectivity index (χ1) is 14.3. The topological polar surface area (TPSA) is 136 Å².